The van der Waals surface area contributed by atoms with E-state index in [1.807, 2.05) is 42.6 Å². The van der Waals surface area contributed by atoms with Crippen molar-refractivity contribution < 1.29 is 4.79 Å². The van der Waals surface area contributed by atoms with Crippen molar-refractivity contribution in [2.24, 2.45) is 0 Å². The van der Waals surface area contributed by atoms with Crippen LogP contribution in [0.2, 0.25) is 5.02 Å². The first-order chi connectivity index (χ1) is 9.79. The van der Waals surface area contributed by atoms with E-state index in [4.69, 9.17) is 11.6 Å². The van der Waals surface area contributed by atoms with Gasteiger partial charge in [0.2, 0.25) is 0 Å². The van der Waals surface area contributed by atoms with Gasteiger partial charge in [-0.3, -0.25) is 0 Å². The highest BCUT2D eigenvalue weighted by Crippen LogP contribution is 2.33. The highest BCUT2D eigenvalue weighted by molar-refractivity contribution is 6.31. The smallest absolute Gasteiger partial charge is 0.120 e. The number of aldehydes is 1. The van der Waals surface area contributed by atoms with Crippen molar-refractivity contribution in [3.63, 3.8) is 0 Å². The number of aromatic amines is 1. The summed E-state index contributed by atoms with van der Waals surface area (Å²) in [5, 5.41) is 1.82. The lowest BCUT2D eigenvalue weighted by molar-refractivity contribution is -0.108. The SMILES string of the molecule is O=CC[C@@H](c1ccccc1)c1c[nH]c2cc(Cl)ccc12. The van der Waals surface area contributed by atoms with Gasteiger partial charge in [-0.1, -0.05) is 48.0 Å². The van der Waals surface area contributed by atoms with Crippen LogP contribution in [0.1, 0.15) is 23.5 Å². The molecule has 2 nitrogen and oxygen atoms in total. The summed E-state index contributed by atoms with van der Waals surface area (Å²) >= 11 is 6.01. The Bertz CT molecular complexity index is 733. The van der Waals surface area contributed by atoms with Crippen LogP contribution in [0.15, 0.2) is 54.7 Å². The molecule has 3 heteroatoms. The van der Waals surface area contributed by atoms with E-state index in [0.717, 1.165) is 28.3 Å². The number of carbonyl (C=O) groups excluding carboxylic acids is 1. The van der Waals surface area contributed by atoms with Crippen LogP contribution in [0.5, 0.6) is 0 Å². The van der Waals surface area contributed by atoms with Gasteiger partial charge in [0.05, 0.1) is 0 Å². The largest absolute Gasteiger partial charge is 0.361 e. The fraction of sp³-hybridized carbons (Fsp3) is 0.118. The van der Waals surface area contributed by atoms with Gasteiger partial charge >= 0.3 is 0 Å². The Labute approximate surface area is 122 Å². The molecule has 1 heterocycles. The molecule has 0 aliphatic rings. The standard InChI is InChI=1S/C17H14ClNO/c18-13-6-7-15-16(11-19-17(15)10-13)14(8-9-20)12-4-2-1-3-5-12/h1-7,9-11,14,19H,8H2/t14-/m0/s1. The minimum absolute atomic E-state index is 0.0728. The number of hydrogen-bond donors (Lipinski definition) is 1. The van der Waals surface area contributed by atoms with Crippen molar-refractivity contribution in [1.82, 2.24) is 4.98 Å². The molecule has 20 heavy (non-hydrogen) atoms. The molecule has 0 saturated heterocycles. The van der Waals surface area contributed by atoms with E-state index in [2.05, 4.69) is 17.1 Å². The third-order valence-corrected chi connectivity index (χ3v) is 3.82. The van der Waals surface area contributed by atoms with Crippen LogP contribution < -0.4 is 0 Å². The van der Waals surface area contributed by atoms with Crippen LogP contribution in [-0.2, 0) is 4.79 Å². The maximum absolute atomic E-state index is 11.0. The fourth-order valence-corrected chi connectivity index (χ4v) is 2.81. The van der Waals surface area contributed by atoms with E-state index in [0.29, 0.717) is 11.4 Å². The fourth-order valence-electron chi connectivity index (χ4n) is 2.63. The molecule has 2 aromatic carbocycles. The number of aromatic nitrogens is 1. The molecule has 0 fully saturated rings. The number of rotatable bonds is 4. The first kappa shape index (κ1) is 12.9. The van der Waals surface area contributed by atoms with E-state index in [-0.39, 0.29) is 5.92 Å². The second kappa shape index (κ2) is 5.51. The summed E-state index contributed by atoms with van der Waals surface area (Å²) in [5.41, 5.74) is 3.28. The molecule has 3 rings (SSSR count). The zero-order valence-corrected chi connectivity index (χ0v) is 11.6. The van der Waals surface area contributed by atoms with Crippen molar-refractivity contribution in [1.29, 1.82) is 0 Å². The van der Waals surface area contributed by atoms with E-state index >= 15 is 0 Å². The van der Waals surface area contributed by atoms with Crippen LogP contribution >= 0.6 is 11.6 Å². The maximum Gasteiger partial charge on any atom is 0.120 e. The Morgan fingerprint density at radius 1 is 1.15 bits per heavy atom. The normalized spacial score (nSPS) is 12.4. The molecule has 100 valence electrons. The van der Waals surface area contributed by atoms with Gasteiger partial charge in [0.25, 0.3) is 0 Å². The number of H-pyrrole nitrogens is 1. The Morgan fingerprint density at radius 3 is 2.70 bits per heavy atom. The van der Waals surface area contributed by atoms with Crippen molar-refractivity contribution in [2.45, 2.75) is 12.3 Å². The predicted octanol–water partition coefficient (Wildman–Crippen LogP) is 4.54. The predicted molar refractivity (Wildman–Crippen MR) is 82.3 cm³/mol. The molecule has 1 atom stereocenters. The maximum atomic E-state index is 11.0. The van der Waals surface area contributed by atoms with Gasteiger partial charge in [-0.2, -0.15) is 0 Å². The molecule has 0 unspecified atom stereocenters. The topological polar surface area (TPSA) is 32.9 Å². The molecule has 0 radical (unpaired) electrons. The summed E-state index contributed by atoms with van der Waals surface area (Å²) in [6, 6.07) is 15.9. The molecule has 0 spiro atoms. The Balaban J connectivity index is 2.12. The molecule has 1 N–H and O–H groups in total. The highest BCUT2D eigenvalue weighted by Gasteiger charge is 2.17. The Kier molecular flexibility index (Phi) is 3.57. The van der Waals surface area contributed by atoms with Crippen molar-refractivity contribution in [2.75, 3.05) is 0 Å². The van der Waals surface area contributed by atoms with Gasteiger partial charge in [-0.25, -0.2) is 0 Å². The average molecular weight is 284 g/mol. The summed E-state index contributed by atoms with van der Waals surface area (Å²) < 4.78 is 0. The van der Waals surface area contributed by atoms with E-state index in [1.165, 1.54) is 0 Å². The van der Waals surface area contributed by atoms with Gasteiger partial charge in [-0.15, -0.1) is 0 Å². The Morgan fingerprint density at radius 2 is 1.95 bits per heavy atom. The molecule has 0 saturated carbocycles. The van der Waals surface area contributed by atoms with Gasteiger partial charge in [0.1, 0.15) is 6.29 Å². The summed E-state index contributed by atoms with van der Waals surface area (Å²) in [4.78, 5) is 14.3. The highest BCUT2D eigenvalue weighted by atomic mass is 35.5. The van der Waals surface area contributed by atoms with Gasteiger partial charge in [-0.05, 0) is 23.3 Å². The zero-order chi connectivity index (χ0) is 13.9. The first-order valence-electron chi connectivity index (χ1n) is 6.54. The summed E-state index contributed by atoms with van der Waals surface area (Å²) in [6.45, 7) is 0. The van der Waals surface area contributed by atoms with Crippen molar-refractivity contribution in [3.8, 4) is 0 Å². The molecular weight excluding hydrogens is 270 g/mol. The molecule has 1 aromatic heterocycles. The number of hydrogen-bond acceptors (Lipinski definition) is 1. The molecular formula is C17H14ClNO. The number of carbonyl (C=O) groups is 1. The average Bonchev–Trinajstić information content (AvgIpc) is 2.88. The minimum atomic E-state index is 0.0728. The van der Waals surface area contributed by atoms with Crippen LogP contribution in [0.4, 0.5) is 0 Å². The second-order valence-corrected chi connectivity index (χ2v) is 5.24. The lowest BCUT2D eigenvalue weighted by Gasteiger charge is -2.14. The van der Waals surface area contributed by atoms with E-state index in [9.17, 15) is 4.79 Å². The van der Waals surface area contributed by atoms with Gasteiger partial charge in [0.15, 0.2) is 0 Å². The van der Waals surface area contributed by atoms with Crippen LogP contribution in [0.25, 0.3) is 10.9 Å². The second-order valence-electron chi connectivity index (χ2n) is 4.80. The summed E-state index contributed by atoms with van der Waals surface area (Å²) in [5.74, 6) is 0.0728. The zero-order valence-electron chi connectivity index (χ0n) is 10.8. The molecule has 0 bridgehead atoms. The molecule has 0 aliphatic heterocycles. The monoisotopic (exact) mass is 283 g/mol. The first-order valence-corrected chi connectivity index (χ1v) is 6.92. The van der Waals surface area contributed by atoms with Crippen molar-refractivity contribution >= 4 is 28.8 Å². The van der Waals surface area contributed by atoms with Gasteiger partial charge in [0, 0.05) is 34.5 Å². The number of nitrogens with one attached hydrogen (secondary N) is 1. The number of halogens is 1. The molecule has 0 amide bonds. The molecule has 0 aliphatic carbocycles. The number of benzene rings is 2. The van der Waals surface area contributed by atoms with Gasteiger partial charge < -0.3 is 9.78 Å². The summed E-state index contributed by atoms with van der Waals surface area (Å²) in [6.07, 6.45) is 3.42. The van der Waals surface area contributed by atoms with E-state index < -0.39 is 0 Å². The quantitative estimate of drug-likeness (QED) is 0.701. The third kappa shape index (κ3) is 2.35. The van der Waals surface area contributed by atoms with Crippen LogP contribution in [-0.4, -0.2) is 11.3 Å². The molecule has 3 aromatic rings. The summed E-state index contributed by atoms with van der Waals surface area (Å²) in [7, 11) is 0. The third-order valence-electron chi connectivity index (χ3n) is 3.59. The minimum Gasteiger partial charge on any atom is -0.361 e. The van der Waals surface area contributed by atoms with Crippen molar-refractivity contribution in [3.05, 3.63) is 70.9 Å². The van der Waals surface area contributed by atoms with E-state index in [1.54, 1.807) is 0 Å². The lowest BCUT2D eigenvalue weighted by atomic mass is 9.89. The Hall–Kier alpha value is -2.06. The number of fused-ring (bicyclic) bond motifs is 1. The lowest BCUT2D eigenvalue weighted by Crippen LogP contribution is -2.01. The van der Waals surface area contributed by atoms with Crippen LogP contribution in [0.3, 0.4) is 0 Å². The van der Waals surface area contributed by atoms with Crippen LogP contribution in [0, 0.1) is 0 Å².